The molecular formula is C46H56N8O8S. The summed E-state index contributed by atoms with van der Waals surface area (Å²) < 4.78 is 21.7. The molecule has 4 saturated heterocycles. The van der Waals surface area contributed by atoms with Gasteiger partial charge >= 0.3 is 12.2 Å². The highest BCUT2D eigenvalue weighted by atomic mass is 32.1. The minimum atomic E-state index is -0.733. The Kier molecular flexibility index (Phi) is 12.4. The average Bonchev–Trinajstić information content (AvgIpc) is 4.11. The molecule has 5 aromatic rings. The van der Waals surface area contributed by atoms with E-state index in [1.165, 1.54) is 0 Å². The number of nitrogens with one attached hydrogen (secondary N) is 4. The van der Waals surface area contributed by atoms with E-state index < -0.39 is 24.3 Å². The first-order valence-electron chi connectivity index (χ1n) is 22.3. The number of aromatic amines is 2. The van der Waals surface area contributed by atoms with Crippen molar-refractivity contribution in [2.24, 2.45) is 11.8 Å². The van der Waals surface area contributed by atoms with Crippen molar-refractivity contribution in [3.8, 4) is 22.3 Å². The van der Waals surface area contributed by atoms with Crippen molar-refractivity contribution < 1.29 is 38.1 Å². The molecule has 0 radical (unpaired) electrons. The van der Waals surface area contributed by atoms with Crippen molar-refractivity contribution >= 4 is 57.4 Å². The number of fused-ring (bicyclic) bond motifs is 2. The first-order valence-corrected chi connectivity index (χ1v) is 23.2. The number of rotatable bonds is 12. The van der Waals surface area contributed by atoms with Gasteiger partial charge < -0.3 is 49.3 Å². The van der Waals surface area contributed by atoms with Gasteiger partial charge in [-0.2, -0.15) is 11.3 Å². The number of H-pyrrole nitrogens is 2. The number of aromatic nitrogens is 4. The molecule has 7 heterocycles. The van der Waals surface area contributed by atoms with Gasteiger partial charge in [-0.05, 0) is 83.7 Å². The number of thiophene rings is 1. The summed E-state index contributed by atoms with van der Waals surface area (Å²) >= 11 is 1.63. The van der Waals surface area contributed by atoms with Gasteiger partial charge in [-0.1, -0.05) is 39.8 Å². The third kappa shape index (κ3) is 9.00. The van der Waals surface area contributed by atoms with E-state index in [0.29, 0.717) is 52.4 Å². The van der Waals surface area contributed by atoms with Gasteiger partial charge in [0.15, 0.2) is 0 Å². The molecule has 6 atom stereocenters. The van der Waals surface area contributed by atoms with Crippen molar-refractivity contribution in [3.05, 3.63) is 58.8 Å². The van der Waals surface area contributed by atoms with Gasteiger partial charge in [0.25, 0.3) is 0 Å². The molecule has 4 fully saturated rings. The Morgan fingerprint density at radius 2 is 1.13 bits per heavy atom. The zero-order valence-electron chi connectivity index (χ0n) is 36.2. The highest BCUT2D eigenvalue weighted by Crippen LogP contribution is 2.39. The van der Waals surface area contributed by atoms with E-state index in [-0.39, 0.29) is 47.9 Å². The molecular weight excluding hydrogens is 825 g/mol. The van der Waals surface area contributed by atoms with Crippen molar-refractivity contribution in [2.45, 2.75) is 103 Å². The third-order valence-electron chi connectivity index (χ3n) is 12.7. The van der Waals surface area contributed by atoms with E-state index in [2.05, 4.69) is 55.6 Å². The summed E-state index contributed by atoms with van der Waals surface area (Å²) in [6.07, 6.45) is 2.68. The smallest absolute Gasteiger partial charge is 0.408 e. The predicted molar refractivity (Wildman–Crippen MR) is 237 cm³/mol. The first-order chi connectivity index (χ1) is 30.5. The van der Waals surface area contributed by atoms with E-state index >= 15 is 0 Å². The van der Waals surface area contributed by atoms with Crippen LogP contribution in [0.3, 0.4) is 0 Å². The number of hydrogen-bond donors (Lipinski definition) is 4. The first kappa shape index (κ1) is 42.8. The summed E-state index contributed by atoms with van der Waals surface area (Å²) in [6, 6.07) is 10.4. The van der Waals surface area contributed by atoms with Gasteiger partial charge in [-0.15, -0.1) is 0 Å². The number of amides is 4. The van der Waals surface area contributed by atoms with Crippen molar-refractivity contribution in [1.82, 2.24) is 40.4 Å². The minimum absolute atomic E-state index is 0.142. The fourth-order valence-corrected chi connectivity index (χ4v) is 10.2. The maximum atomic E-state index is 14.0. The zero-order valence-corrected chi connectivity index (χ0v) is 37.0. The zero-order chi connectivity index (χ0) is 43.8. The minimum Gasteiger partial charge on any atom is -0.444 e. The third-order valence-corrected chi connectivity index (χ3v) is 13.5. The Labute approximate surface area is 369 Å². The maximum absolute atomic E-state index is 14.0. The van der Waals surface area contributed by atoms with E-state index in [9.17, 15) is 19.2 Å². The number of carbonyl (C=O) groups is 4. The Bertz CT molecular complexity index is 2300. The van der Waals surface area contributed by atoms with Crippen LogP contribution in [-0.4, -0.2) is 118 Å². The van der Waals surface area contributed by atoms with Crippen LogP contribution in [-0.2, 0) is 28.5 Å². The summed E-state index contributed by atoms with van der Waals surface area (Å²) in [4.78, 5) is 74.2. The van der Waals surface area contributed by atoms with Crippen molar-refractivity contribution in [3.63, 3.8) is 0 Å². The summed E-state index contributed by atoms with van der Waals surface area (Å²) in [5.74, 6) is 0.876. The average molecular weight is 881 g/mol. The molecule has 63 heavy (non-hydrogen) atoms. The summed E-state index contributed by atoms with van der Waals surface area (Å²) in [5, 5.41) is 9.97. The second-order valence-electron chi connectivity index (χ2n) is 17.8. The van der Waals surface area contributed by atoms with Crippen LogP contribution in [0.1, 0.15) is 90.0 Å². The number of hydrogen-bond acceptors (Lipinski definition) is 11. The monoisotopic (exact) mass is 880 g/mol. The van der Waals surface area contributed by atoms with Crippen LogP contribution in [0.15, 0.2) is 47.2 Å². The number of ether oxygens (including phenoxy) is 4. The molecule has 0 saturated carbocycles. The fourth-order valence-electron chi connectivity index (χ4n) is 9.30. The number of imidazole rings is 2. The lowest BCUT2D eigenvalue weighted by Gasteiger charge is -2.30. The molecule has 4 aliphatic rings. The molecule has 0 aliphatic carbocycles. The largest absolute Gasteiger partial charge is 0.444 e. The summed E-state index contributed by atoms with van der Waals surface area (Å²) in [5.41, 5.74) is 7.59. The lowest BCUT2D eigenvalue weighted by Crippen LogP contribution is -2.51. The molecule has 4 amide bonds. The summed E-state index contributed by atoms with van der Waals surface area (Å²) in [7, 11) is 0. The number of alkyl carbamates (subject to hydrolysis) is 2. The highest BCUT2D eigenvalue weighted by molar-refractivity contribution is 7.08. The quantitative estimate of drug-likeness (QED) is 0.0993. The lowest BCUT2D eigenvalue weighted by molar-refractivity contribution is -0.136. The molecule has 0 bridgehead atoms. The Hall–Kier alpha value is -5.52. The van der Waals surface area contributed by atoms with Crippen LogP contribution in [0.2, 0.25) is 0 Å². The van der Waals surface area contributed by atoms with Crippen molar-refractivity contribution in [1.29, 1.82) is 0 Å². The summed E-state index contributed by atoms with van der Waals surface area (Å²) in [6.45, 7) is 10.7. The number of nitrogens with zero attached hydrogens (tertiary/aromatic N) is 4. The number of likely N-dealkylation sites (tertiary alicyclic amines) is 2. The van der Waals surface area contributed by atoms with E-state index in [0.717, 1.165) is 81.7 Å². The van der Waals surface area contributed by atoms with Crippen LogP contribution < -0.4 is 10.6 Å². The lowest BCUT2D eigenvalue weighted by atomic mass is 9.98. The predicted octanol–water partition coefficient (Wildman–Crippen LogP) is 7.24. The van der Waals surface area contributed by atoms with Crippen LogP contribution in [0.4, 0.5) is 9.59 Å². The van der Waals surface area contributed by atoms with Gasteiger partial charge in [0.1, 0.15) is 35.9 Å². The molecule has 4 N–H and O–H groups in total. The second kappa shape index (κ2) is 18.3. The Morgan fingerprint density at radius 3 is 1.52 bits per heavy atom. The van der Waals surface area contributed by atoms with Crippen LogP contribution in [0, 0.1) is 11.8 Å². The molecule has 2 aromatic carbocycles. The van der Waals surface area contributed by atoms with Gasteiger partial charge in [0.05, 0.1) is 60.6 Å². The molecule has 334 valence electrons. The van der Waals surface area contributed by atoms with E-state index in [1.807, 2.05) is 49.6 Å². The number of carbonyl (C=O) groups excluding carboxylic acids is 4. The molecule has 4 aliphatic heterocycles. The van der Waals surface area contributed by atoms with E-state index in [1.54, 1.807) is 11.3 Å². The molecule has 9 rings (SSSR count). The molecule has 6 unspecified atom stereocenters. The molecule has 0 spiro atoms. The van der Waals surface area contributed by atoms with Gasteiger partial charge in [-0.3, -0.25) is 9.59 Å². The van der Waals surface area contributed by atoms with Crippen LogP contribution in [0.5, 0.6) is 0 Å². The Balaban J connectivity index is 0.901. The fraction of sp³-hybridized carbons (Fsp3) is 0.522. The van der Waals surface area contributed by atoms with Gasteiger partial charge in [0, 0.05) is 37.1 Å². The standard InChI is InChI=1S/C46H56N8O8S/c1-25(2)39(51-45(57)61-29-13-17-59-21-29)43(55)53-15-5-7-37(53)41-47-33-11-9-27(19-35(33)49-41)31-23-63-24-32(31)28-10-12-34-36(20-28)50-42(48-34)38-8-6-16-54(38)44(56)40(26(3)4)52-46(58)62-30-14-18-60-22-30/h9-12,19-20,23-26,29-30,37-40H,5-8,13-18,21-22H2,1-4H3,(H,47,49)(H,48,50)(H,51,57)(H,52,58). The number of benzene rings is 2. The molecule has 3 aromatic heterocycles. The van der Waals surface area contributed by atoms with Gasteiger partial charge in [0.2, 0.25) is 11.8 Å². The normalized spacial score (nSPS) is 22.4. The highest BCUT2D eigenvalue weighted by Gasteiger charge is 2.40. The second-order valence-corrected chi connectivity index (χ2v) is 18.5. The SMILES string of the molecule is CC(C)C(NC(=O)OC1CCOC1)C(=O)N1CCCC1c1nc2ccc(-c3cscc3-c3ccc4nc(C5CCCN5C(=O)C(NC(=O)OC5CCOC5)C(C)C)[nH]c4c3)cc2[nH]1. The van der Waals surface area contributed by atoms with Crippen LogP contribution >= 0.6 is 11.3 Å². The topological polar surface area (TPSA) is 193 Å². The van der Waals surface area contributed by atoms with Gasteiger partial charge in [-0.25, -0.2) is 19.6 Å². The van der Waals surface area contributed by atoms with Crippen LogP contribution in [0.25, 0.3) is 44.3 Å². The molecule has 16 nitrogen and oxygen atoms in total. The Morgan fingerprint density at radius 1 is 0.683 bits per heavy atom. The maximum Gasteiger partial charge on any atom is 0.408 e. The molecule has 17 heteroatoms. The van der Waals surface area contributed by atoms with Crippen molar-refractivity contribution in [2.75, 3.05) is 39.5 Å². The van der Waals surface area contributed by atoms with E-state index in [4.69, 9.17) is 28.9 Å².